The van der Waals surface area contributed by atoms with Gasteiger partial charge in [0, 0.05) is 12.1 Å². The Kier molecular flexibility index (Phi) is 4.96. The molecular weight excluding hydrogens is 266 g/mol. The number of aromatic nitrogens is 3. The minimum Gasteiger partial charge on any atom is -0.485 e. The zero-order valence-electron chi connectivity index (χ0n) is 13.1. The summed E-state index contributed by atoms with van der Waals surface area (Å²) in [6, 6.07) is 5.81. The van der Waals surface area contributed by atoms with Crippen molar-refractivity contribution in [2.75, 3.05) is 0 Å². The van der Waals surface area contributed by atoms with Crippen LogP contribution in [0.25, 0.3) is 0 Å². The van der Waals surface area contributed by atoms with Gasteiger partial charge in [-0.2, -0.15) is 5.10 Å². The van der Waals surface area contributed by atoms with Gasteiger partial charge in [0.05, 0.1) is 6.10 Å². The highest BCUT2D eigenvalue weighted by atomic mass is 16.5. The Morgan fingerprint density at radius 2 is 2.05 bits per heavy atom. The minimum atomic E-state index is -0.562. The molecule has 0 radical (unpaired) electrons. The lowest BCUT2D eigenvalue weighted by molar-refractivity contribution is 0.188. The quantitative estimate of drug-likeness (QED) is 0.888. The monoisotopic (exact) mass is 289 g/mol. The van der Waals surface area contributed by atoms with Gasteiger partial charge in [0.25, 0.3) is 0 Å². The molecule has 0 aliphatic rings. The summed E-state index contributed by atoms with van der Waals surface area (Å²) in [5.41, 5.74) is 1.89. The van der Waals surface area contributed by atoms with Crippen LogP contribution in [0.4, 0.5) is 0 Å². The second-order valence-electron chi connectivity index (χ2n) is 5.76. The van der Waals surface area contributed by atoms with Crippen LogP contribution in [-0.2, 0) is 13.2 Å². The molecule has 1 unspecified atom stereocenters. The maximum Gasteiger partial charge on any atom is 0.164 e. The number of benzene rings is 1. The van der Waals surface area contributed by atoms with Gasteiger partial charge < -0.3 is 9.84 Å². The maximum absolute atomic E-state index is 9.85. The third-order valence-electron chi connectivity index (χ3n) is 3.21. The first-order chi connectivity index (χ1) is 9.97. The smallest absolute Gasteiger partial charge is 0.164 e. The molecule has 0 fully saturated rings. The van der Waals surface area contributed by atoms with Crippen LogP contribution in [0.3, 0.4) is 0 Å². The van der Waals surface area contributed by atoms with Crippen molar-refractivity contribution in [2.45, 2.75) is 47.0 Å². The van der Waals surface area contributed by atoms with Gasteiger partial charge in [-0.15, -0.1) is 0 Å². The largest absolute Gasteiger partial charge is 0.485 e. The number of aliphatic hydroxyl groups is 1. The van der Waals surface area contributed by atoms with E-state index >= 15 is 0 Å². The van der Waals surface area contributed by atoms with E-state index in [1.165, 1.54) is 0 Å². The summed E-state index contributed by atoms with van der Waals surface area (Å²) in [5, 5.41) is 14.1. The highest BCUT2D eigenvalue weighted by Gasteiger charge is 2.12. The molecule has 21 heavy (non-hydrogen) atoms. The van der Waals surface area contributed by atoms with Crippen molar-refractivity contribution in [1.82, 2.24) is 14.8 Å². The molecule has 0 saturated carbocycles. The van der Waals surface area contributed by atoms with E-state index in [9.17, 15) is 5.11 Å². The average molecular weight is 289 g/mol. The summed E-state index contributed by atoms with van der Waals surface area (Å²) in [4.78, 5) is 4.24. The normalized spacial score (nSPS) is 12.7. The first-order valence-corrected chi connectivity index (χ1v) is 7.25. The molecule has 0 aliphatic heterocycles. The molecule has 1 aromatic carbocycles. The number of hydrogen-bond acceptors (Lipinski definition) is 4. The third-order valence-corrected chi connectivity index (χ3v) is 3.21. The molecule has 5 heteroatoms. The van der Waals surface area contributed by atoms with Crippen molar-refractivity contribution in [3.63, 3.8) is 0 Å². The van der Waals surface area contributed by atoms with Crippen LogP contribution in [0.5, 0.6) is 5.75 Å². The fraction of sp³-hybridized carbons (Fsp3) is 0.500. The van der Waals surface area contributed by atoms with Gasteiger partial charge in [-0.1, -0.05) is 25.5 Å². The lowest BCUT2D eigenvalue weighted by atomic mass is 10.1. The Morgan fingerprint density at radius 3 is 2.71 bits per heavy atom. The molecule has 0 saturated heterocycles. The van der Waals surface area contributed by atoms with E-state index in [1.54, 1.807) is 13.3 Å². The van der Waals surface area contributed by atoms with E-state index in [2.05, 4.69) is 23.9 Å². The van der Waals surface area contributed by atoms with Crippen molar-refractivity contribution in [3.8, 4) is 5.75 Å². The van der Waals surface area contributed by atoms with Crippen molar-refractivity contribution in [3.05, 3.63) is 41.5 Å². The molecule has 0 spiro atoms. The Morgan fingerprint density at radius 1 is 1.29 bits per heavy atom. The summed E-state index contributed by atoms with van der Waals surface area (Å²) in [6.07, 6.45) is 0.986. The van der Waals surface area contributed by atoms with E-state index in [0.29, 0.717) is 18.3 Å². The van der Waals surface area contributed by atoms with Crippen molar-refractivity contribution in [1.29, 1.82) is 0 Å². The Bertz CT molecular complexity index is 591. The highest BCUT2D eigenvalue weighted by Crippen LogP contribution is 2.26. The van der Waals surface area contributed by atoms with Crippen LogP contribution in [0.1, 0.15) is 43.8 Å². The van der Waals surface area contributed by atoms with Crippen LogP contribution in [0.15, 0.2) is 24.5 Å². The second kappa shape index (κ2) is 6.72. The number of aryl methyl sites for hydroxylation is 1. The van der Waals surface area contributed by atoms with Crippen molar-refractivity contribution < 1.29 is 9.84 Å². The van der Waals surface area contributed by atoms with Crippen molar-refractivity contribution >= 4 is 0 Å². The van der Waals surface area contributed by atoms with Gasteiger partial charge in [0.2, 0.25) is 0 Å². The van der Waals surface area contributed by atoms with Gasteiger partial charge in [0.1, 0.15) is 18.7 Å². The molecule has 0 bridgehead atoms. The van der Waals surface area contributed by atoms with Gasteiger partial charge >= 0.3 is 0 Å². The standard InChI is InChI=1S/C16H23N3O2/c1-11(2)8-19-16(17-10-18-19)9-21-15-6-5-12(3)7-14(15)13(4)20/h5-7,10-11,13,20H,8-9H2,1-4H3. The number of ether oxygens (including phenoxy) is 1. The average Bonchev–Trinajstić information content (AvgIpc) is 2.83. The van der Waals surface area contributed by atoms with Crippen molar-refractivity contribution in [2.24, 2.45) is 5.92 Å². The van der Waals surface area contributed by atoms with E-state index in [1.807, 2.05) is 29.8 Å². The van der Waals surface area contributed by atoms with Gasteiger partial charge in [-0.05, 0) is 31.9 Å². The van der Waals surface area contributed by atoms with E-state index < -0.39 is 6.10 Å². The summed E-state index contributed by atoms with van der Waals surface area (Å²) >= 11 is 0. The van der Waals surface area contributed by atoms with Crippen LogP contribution < -0.4 is 4.74 Å². The molecule has 114 valence electrons. The molecule has 1 heterocycles. The summed E-state index contributed by atoms with van der Waals surface area (Å²) in [7, 11) is 0. The molecule has 1 aromatic heterocycles. The van der Waals surface area contributed by atoms with Crippen LogP contribution in [0, 0.1) is 12.8 Å². The molecule has 2 rings (SSSR count). The maximum atomic E-state index is 9.85. The zero-order chi connectivity index (χ0) is 15.4. The first kappa shape index (κ1) is 15.5. The fourth-order valence-electron chi connectivity index (χ4n) is 2.17. The zero-order valence-corrected chi connectivity index (χ0v) is 13.1. The van der Waals surface area contributed by atoms with E-state index in [4.69, 9.17) is 4.74 Å². The lowest BCUT2D eigenvalue weighted by Crippen LogP contribution is -2.12. The molecule has 2 aromatic rings. The van der Waals surface area contributed by atoms with Crippen LogP contribution in [0.2, 0.25) is 0 Å². The molecule has 0 amide bonds. The van der Waals surface area contributed by atoms with Crippen LogP contribution >= 0.6 is 0 Å². The Balaban J connectivity index is 2.12. The molecule has 0 aliphatic carbocycles. The number of aliphatic hydroxyl groups excluding tert-OH is 1. The summed E-state index contributed by atoms with van der Waals surface area (Å²) in [6.45, 7) is 9.17. The van der Waals surface area contributed by atoms with E-state index in [0.717, 1.165) is 23.5 Å². The Labute approximate surface area is 125 Å². The number of hydrogen-bond donors (Lipinski definition) is 1. The van der Waals surface area contributed by atoms with E-state index in [-0.39, 0.29) is 0 Å². The van der Waals surface area contributed by atoms with Gasteiger partial charge in [-0.25, -0.2) is 9.67 Å². The van der Waals surface area contributed by atoms with Gasteiger partial charge in [-0.3, -0.25) is 0 Å². The second-order valence-corrected chi connectivity index (χ2v) is 5.76. The molecular formula is C16H23N3O2. The molecule has 5 nitrogen and oxygen atoms in total. The third kappa shape index (κ3) is 4.04. The summed E-state index contributed by atoms with van der Waals surface area (Å²) < 4.78 is 7.70. The highest BCUT2D eigenvalue weighted by molar-refractivity contribution is 5.38. The Hall–Kier alpha value is -1.88. The molecule has 1 atom stereocenters. The van der Waals surface area contributed by atoms with Gasteiger partial charge in [0.15, 0.2) is 5.82 Å². The fourth-order valence-corrected chi connectivity index (χ4v) is 2.17. The summed E-state index contributed by atoms with van der Waals surface area (Å²) in [5.74, 6) is 1.98. The lowest BCUT2D eigenvalue weighted by Gasteiger charge is -2.15. The number of rotatable bonds is 6. The predicted molar refractivity (Wildman–Crippen MR) is 81.0 cm³/mol. The van der Waals surface area contributed by atoms with Crippen LogP contribution in [-0.4, -0.2) is 19.9 Å². The number of nitrogens with zero attached hydrogens (tertiary/aromatic N) is 3. The first-order valence-electron chi connectivity index (χ1n) is 7.25. The SMILES string of the molecule is Cc1ccc(OCc2ncnn2CC(C)C)c(C(C)O)c1. The predicted octanol–water partition coefficient (Wildman–Crippen LogP) is 2.87. The molecule has 1 N–H and O–H groups in total. The minimum absolute atomic E-state index is 0.343. The topological polar surface area (TPSA) is 60.2 Å².